The maximum atomic E-state index is 12.4. The van der Waals surface area contributed by atoms with E-state index in [9.17, 15) is 9.59 Å². The normalized spacial score (nSPS) is 10.8. The molecule has 0 saturated carbocycles. The predicted molar refractivity (Wildman–Crippen MR) is 85.2 cm³/mol. The summed E-state index contributed by atoms with van der Waals surface area (Å²) in [6, 6.07) is 14.2. The molecule has 0 aliphatic carbocycles. The zero-order valence-electron chi connectivity index (χ0n) is 11.5. The van der Waals surface area contributed by atoms with Crippen LogP contribution < -0.4 is 11.4 Å². The van der Waals surface area contributed by atoms with Crippen LogP contribution in [0.25, 0.3) is 16.6 Å². The Balaban J connectivity index is 2.39. The highest BCUT2D eigenvalue weighted by Crippen LogP contribution is 2.22. The molecule has 110 valence electrons. The summed E-state index contributed by atoms with van der Waals surface area (Å²) in [6.45, 7) is 0. The van der Waals surface area contributed by atoms with Crippen molar-refractivity contribution in [2.75, 3.05) is 0 Å². The highest BCUT2D eigenvalue weighted by Gasteiger charge is 2.13. The highest BCUT2D eigenvalue weighted by atomic mass is 35.5. The molecule has 0 radical (unpaired) electrons. The molecule has 2 aromatic carbocycles. The Hall–Kier alpha value is -2.66. The molecule has 1 heterocycles. The van der Waals surface area contributed by atoms with E-state index in [0.29, 0.717) is 27.3 Å². The number of carbonyl (C=O) groups excluding carboxylic acids is 1. The van der Waals surface area contributed by atoms with Crippen molar-refractivity contribution >= 4 is 28.4 Å². The van der Waals surface area contributed by atoms with Crippen molar-refractivity contribution in [2.45, 2.75) is 6.42 Å². The van der Waals surface area contributed by atoms with Crippen molar-refractivity contribution in [2.24, 2.45) is 5.73 Å². The van der Waals surface area contributed by atoms with E-state index in [1.807, 2.05) is 18.2 Å². The average Bonchev–Trinajstić information content (AvgIpc) is 2.47. The molecule has 0 spiro atoms. The Morgan fingerprint density at radius 3 is 2.59 bits per heavy atom. The standard InChI is InChI=1S/C16H12ClN3O2/c17-10-6-7-12-13(9-15(18)21)19-16(22)20(14(12)8-10)11-4-2-1-3-5-11/h1-8H,9H2,(H2,18,21). The lowest BCUT2D eigenvalue weighted by Gasteiger charge is -2.12. The summed E-state index contributed by atoms with van der Waals surface area (Å²) in [5.74, 6) is -0.541. The second-order valence-corrected chi connectivity index (χ2v) is 5.25. The van der Waals surface area contributed by atoms with Gasteiger partial charge in [0.15, 0.2) is 0 Å². The molecule has 0 aliphatic heterocycles. The number of halogens is 1. The summed E-state index contributed by atoms with van der Waals surface area (Å²) in [5, 5.41) is 1.17. The average molecular weight is 314 g/mol. The van der Waals surface area contributed by atoms with Gasteiger partial charge in [0, 0.05) is 10.4 Å². The minimum atomic E-state index is -0.541. The van der Waals surface area contributed by atoms with Gasteiger partial charge in [0.25, 0.3) is 0 Å². The lowest BCUT2D eigenvalue weighted by Crippen LogP contribution is -2.25. The van der Waals surface area contributed by atoms with E-state index in [-0.39, 0.29) is 6.42 Å². The molecule has 2 N–H and O–H groups in total. The van der Waals surface area contributed by atoms with E-state index in [1.54, 1.807) is 30.3 Å². The van der Waals surface area contributed by atoms with Gasteiger partial charge in [0.1, 0.15) is 0 Å². The van der Waals surface area contributed by atoms with Crippen LogP contribution in [-0.4, -0.2) is 15.5 Å². The molecule has 3 aromatic rings. The molecule has 5 nitrogen and oxygen atoms in total. The Labute approximate surface area is 131 Å². The molecular weight excluding hydrogens is 302 g/mol. The van der Waals surface area contributed by atoms with Gasteiger partial charge in [-0.3, -0.25) is 9.36 Å². The fourth-order valence-corrected chi connectivity index (χ4v) is 2.56. The number of nitrogens with two attached hydrogens (primary N) is 1. The summed E-state index contributed by atoms with van der Waals surface area (Å²) in [6.07, 6.45) is -0.0942. The number of hydrogen-bond donors (Lipinski definition) is 1. The summed E-state index contributed by atoms with van der Waals surface area (Å²) in [4.78, 5) is 27.6. The molecule has 0 unspecified atom stereocenters. The molecule has 3 rings (SSSR count). The van der Waals surface area contributed by atoms with Crippen molar-refractivity contribution in [3.05, 3.63) is 69.7 Å². The topological polar surface area (TPSA) is 78.0 Å². The van der Waals surface area contributed by atoms with Gasteiger partial charge in [-0.15, -0.1) is 0 Å². The number of aromatic nitrogens is 2. The van der Waals surface area contributed by atoms with Crippen molar-refractivity contribution in [3.63, 3.8) is 0 Å². The van der Waals surface area contributed by atoms with Crippen LogP contribution in [-0.2, 0) is 11.2 Å². The molecule has 0 aliphatic rings. The number of para-hydroxylation sites is 1. The van der Waals surface area contributed by atoms with E-state index in [1.165, 1.54) is 4.57 Å². The Bertz CT molecular complexity index is 920. The van der Waals surface area contributed by atoms with E-state index >= 15 is 0 Å². The minimum Gasteiger partial charge on any atom is -0.369 e. The van der Waals surface area contributed by atoms with Gasteiger partial charge < -0.3 is 5.73 Å². The summed E-state index contributed by atoms with van der Waals surface area (Å²) >= 11 is 6.06. The van der Waals surface area contributed by atoms with Crippen molar-refractivity contribution in [1.29, 1.82) is 0 Å². The summed E-state index contributed by atoms with van der Waals surface area (Å²) in [7, 11) is 0. The molecule has 0 saturated heterocycles. The maximum Gasteiger partial charge on any atom is 0.352 e. The second-order valence-electron chi connectivity index (χ2n) is 4.82. The van der Waals surface area contributed by atoms with E-state index in [4.69, 9.17) is 17.3 Å². The van der Waals surface area contributed by atoms with E-state index in [2.05, 4.69) is 4.98 Å². The van der Waals surface area contributed by atoms with Crippen LogP contribution >= 0.6 is 11.6 Å². The summed E-state index contributed by atoms with van der Waals surface area (Å²) in [5.41, 5.74) is 6.38. The lowest BCUT2D eigenvalue weighted by atomic mass is 10.1. The zero-order chi connectivity index (χ0) is 15.7. The van der Waals surface area contributed by atoms with Crippen LogP contribution in [0.5, 0.6) is 0 Å². The van der Waals surface area contributed by atoms with Gasteiger partial charge in [0.2, 0.25) is 5.91 Å². The minimum absolute atomic E-state index is 0.0942. The van der Waals surface area contributed by atoms with E-state index < -0.39 is 11.6 Å². The Kier molecular flexibility index (Phi) is 3.65. The monoisotopic (exact) mass is 313 g/mol. The van der Waals surface area contributed by atoms with Gasteiger partial charge in [-0.2, -0.15) is 4.98 Å². The molecular formula is C16H12ClN3O2. The molecule has 6 heteroatoms. The van der Waals surface area contributed by atoms with Crippen LogP contribution in [0.1, 0.15) is 5.69 Å². The van der Waals surface area contributed by atoms with Gasteiger partial charge in [0.05, 0.1) is 23.3 Å². The third-order valence-corrected chi connectivity index (χ3v) is 3.52. The lowest BCUT2D eigenvalue weighted by molar-refractivity contribution is -0.117. The first-order valence-corrected chi connectivity index (χ1v) is 6.99. The fourth-order valence-electron chi connectivity index (χ4n) is 2.39. The first-order chi connectivity index (χ1) is 10.6. The molecule has 0 bridgehead atoms. The van der Waals surface area contributed by atoms with Crippen molar-refractivity contribution in [3.8, 4) is 5.69 Å². The van der Waals surface area contributed by atoms with Gasteiger partial charge in [-0.05, 0) is 30.3 Å². The Morgan fingerprint density at radius 1 is 1.18 bits per heavy atom. The van der Waals surface area contributed by atoms with Crippen LogP contribution in [0.3, 0.4) is 0 Å². The quantitative estimate of drug-likeness (QED) is 0.804. The van der Waals surface area contributed by atoms with Crippen LogP contribution in [0.2, 0.25) is 5.02 Å². The zero-order valence-corrected chi connectivity index (χ0v) is 12.2. The molecule has 1 aromatic heterocycles. The summed E-state index contributed by atoms with van der Waals surface area (Å²) < 4.78 is 1.46. The molecule has 22 heavy (non-hydrogen) atoms. The van der Waals surface area contributed by atoms with Crippen LogP contribution in [0.4, 0.5) is 0 Å². The highest BCUT2D eigenvalue weighted by molar-refractivity contribution is 6.31. The van der Waals surface area contributed by atoms with Crippen molar-refractivity contribution < 1.29 is 4.79 Å². The largest absolute Gasteiger partial charge is 0.369 e. The third kappa shape index (κ3) is 2.58. The number of amides is 1. The fraction of sp³-hybridized carbons (Fsp3) is 0.0625. The van der Waals surface area contributed by atoms with E-state index in [0.717, 1.165) is 0 Å². The second kappa shape index (κ2) is 5.61. The number of nitrogens with zero attached hydrogens (tertiary/aromatic N) is 2. The number of primary amides is 1. The number of hydrogen-bond acceptors (Lipinski definition) is 3. The number of benzene rings is 2. The molecule has 0 atom stereocenters. The van der Waals surface area contributed by atoms with Gasteiger partial charge >= 0.3 is 5.69 Å². The first-order valence-electron chi connectivity index (χ1n) is 6.61. The first kappa shape index (κ1) is 14.3. The number of carbonyl (C=O) groups is 1. The van der Waals surface area contributed by atoms with Crippen LogP contribution in [0.15, 0.2) is 53.3 Å². The van der Waals surface area contributed by atoms with Crippen LogP contribution in [0, 0.1) is 0 Å². The smallest absolute Gasteiger partial charge is 0.352 e. The molecule has 1 amide bonds. The third-order valence-electron chi connectivity index (χ3n) is 3.29. The van der Waals surface area contributed by atoms with Gasteiger partial charge in [-0.25, -0.2) is 4.79 Å². The van der Waals surface area contributed by atoms with Gasteiger partial charge in [-0.1, -0.05) is 29.8 Å². The maximum absolute atomic E-state index is 12.4. The SMILES string of the molecule is NC(=O)Cc1nc(=O)n(-c2ccccc2)c2cc(Cl)ccc12. The number of rotatable bonds is 3. The van der Waals surface area contributed by atoms with Crippen molar-refractivity contribution in [1.82, 2.24) is 9.55 Å². The Morgan fingerprint density at radius 2 is 1.91 bits per heavy atom. The molecule has 0 fully saturated rings. The number of fused-ring (bicyclic) bond motifs is 1. The predicted octanol–water partition coefficient (Wildman–Crippen LogP) is 2.07.